The van der Waals surface area contributed by atoms with E-state index in [1.807, 2.05) is 34.6 Å². The second kappa shape index (κ2) is 8.33. The van der Waals surface area contributed by atoms with Gasteiger partial charge >= 0.3 is 5.97 Å². The summed E-state index contributed by atoms with van der Waals surface area (Å²) >= 11 is 0. The minimum Gasteiger partial charge on any atom is -0.462 e. The maximum atomic E-state index is 12.1. The zero-order valence-electron chi connectivity index (χ0n) is 12.9. The van der Waals surface area contributed by atoms with Crippen molar-refractivity contribution >= 4 is 5.97 Å². The highest BCUT2D eigenvalue weighted by molar-refractivity contribution is 5.73. The van der Waals surface area contributed by atoms with Gasteiger partial charge in [-0.3, -0.25) is 4.79 Å². The van der Waals surface area contributed by atoms with Gasteiger partial charge in [-0.2, -0.15) is 0 Å². The Labute approximate surface area is 117 Å². The number of ether oxygens (including phenoxy) is 2. The van der Waals surface area contributed by atoms with Gasteiger partial charge in [0, 0.05) is 13.0 Å². The summed E-state index contributed by atoms with van der Waals surface area (Å²) in [6.07, 6.45) is 2.23. The van der Waals surface area contributed by atoms with Crippen LogP contribution in [0.25, 0.3) is 0 Å². The second-order valence-electron chi connectivity index (χ2n) is 6.07. The van der Waals surface area contributed by atoms with Gasteiger partial charge in [0.25, 0.3) is 0 Å². The van der Waals surface area contributed by atoms with E-state index < -0.39 is 0 Å². The van der Waals surface area contributed by atoms with Crippen molar-refractivity contribution in [3.63, 3.8) is 0 Å². The standard InChI is InChI=1S/C15H29NO3/c1-7-8-18-11(2)9-12(3)19-14(17)13(10-16)15(4,5)6/h7,11-13H,1,8-10,16H2,2-6H3. The number of carbonyl (C=O) groups excluding carboxylic acids is 1. The quantitative estimate of drug-likeness (QED) is 0.544. The summed E-state index contributed by atoms with van der Waals surface area (Å²) in [6.45, 7) is 14.2. The average Bonchev–Trinajstić information content (AvgIpc) is 2.24. The van der Waals surface area contributed by atoms with Crippen LogP contribution in [0, 0.1) is 11.3 Å². The number of esters is 1. The summed E-state index contributed by atoms with van der Waals surface area (Å²) in [5.74, 6) is -0.502. The molecule has 0 heterocycles. The van der Waals surface area contributed by atoms with Crippen molar-refractivity contribution in [2.75, 3.05) is 13.2 Å². The van der Waals surface area contributed by atoms with Crippen molar-refractivity contribution in [1.29, 1.82) is 0 Å². The van der Waals surface area contributed by atoms with E-state index in [0.29, 0.717) is 19.6 Å². The molecule has 0 saturated heterocycles. The van der Waals surface area contributed by atoms with Gasteiger partial charge in [0.05, 0.1) is 18.6 Å². The van der Waals surface area contributed by atoms with Crippen molar-refractivity contribution in [2.24, 2.45) is 17.1 Å². The van der Waals surface area contributed by atoms with Gasteiger partial charge in [-0.05, 0) is 19.3 Å². The highest BCUT2D eigenvalue weighted by atomic mass is 16.5. The summed E-state index contributed by atoms with van der Waals surface area (Å²) in [5.41, 5.74) is 5.48. The van der Waals surface area contributed by atoms with E-state index in [1.165, 1.54) is 0 Å². The number of rotatable bonds is 8. The van der Waals surface area contributed by atoms with Crippen LogP contribution in [0.15, 0.2) is 12.7 Å². The number of carbonyl (C=O) groups is 1. The van der Waals surface area contributed by atoms with Gasteiger partial charge in [-0.25, -0.2) is 0 Å². The van der Waals surface area contributed by atoms with Crippen molar-refractivity contribution in [1.82, 2.24) is 0 Å². The molecule has 0 rings (SSSR count). The maximum absolute atomic E-state index is 12.1. The van der Waals surface area contributed by atoms with E-state index in [9.17, 15) is 4.79 Å². The van der Waals surface area contributed by atoms with Gasteiger partial charge in [0.1, 0.15) is 6.10 Å². The molecular weight excluding hydrogens is 242 g/mol. The molecule has 0 aromatic rings. The van der Waals surface area contributed by atoms with Gasteiger partial charge in [0.15, 0.2) is 0 Å². The predicted molar refractivity (Wildman–Crippen MR) is 77.8 cm³/mol. The molecule has 0 radical (unpaired) electrons. The molecule has 3 atom stereocenters. The van der Waals surface area contributed by atoms with Crippen LogP contribution in [0.4, 0.5) is 0 Å². The molecule has 2 N–H and O–H groups in total. The first-order valence-corrected chi connectivity index (χ1v) is 6.85. The van der Waals surface area contributed by atoms with E-state index >= 15 is 0 Å². The number of hydrogen-bond acceptors (Lipinski definition) is 4. The van der Waals surface area contributed by atoms with Crippen LogP contribution in [0.2, 0.25) is 0 Å². The van der Waals surface area contributed by atoms with Gasteiger partial charge in [0.2, 0.25) is 0 Å². The van der Waals surface area contributed by atoms with Crippen LogP contribution in [0.5, 0.6) is 0 Å². The Morgan fingerprint density at radius 3 is 2.32 bits per heavy atom. The molecule has 4 heteroatoms. The van der Waals surface area contributed by atoms with Crippen LogP contribution in [0.3, 0.4) is 0 Å². The summed E-state index contributed by atoms with van der Waals surface area (Å²) in [5, 5.41) is 0. The SMILES string of the molecule is C=CCOC(C)CC(C)OC(=O)C(CN)C(C)(C)C. The summed E-state index contributed by atoms with van der Waals surface area (Å²) < 4.78 is 10.9. The minimum absolute atomic E-state index is 0.0340. The topological polar surface area (TPSA) is 61.5 Å². The highest BCUT2D eigenvalue weighted by Crippen LogP contribution is 2.26. The first kappa shape index (κ1) is 18.1. The van der Waals surface area contributed by atoms with Crippen molar-refractivity contribution in [2.45, 2.75) is 53.2 Å². The Balaban J connectivity index is 4.27. The monoisotopic (exact) mass is 271 g/mol. The zero-order chi connectivity index (χ0) is 15.1. The molecule has 0 aliphatic heterocycles. The molecule has 3 unspecified atom stereocenters. The highest BCUT2D eigenvalue weighted by Gasteiger charge is 2.32. The molecule has 0 aromatic carbocycles. The molecular formula is C15H29NO3. The van der Waals surface area contributed by atoms with Crippen molar-refractivity contribution in [3.05, 3.63) is 12.7 Å². The van der Waals surface area contributed by atoms with Crippen LogP contribution >= 0.6 is 0 Å². The third-order valence-electron chi connectivity index (χ3n) is 3.05. The van der Waals surface area contributed by atoms with Crippen LogP contribution in [-0.4, -0.2) is 31.3 Å². The summed E-state index contributed by atoms with van der Waals surface area (Å²) in [6, 6.07) is 0. The molecule has 4 nitrogen and oxygen atoms in total. The number of hydrogen-bond donors (Lipinski definition) is 1. The third-order valence-corrected chi connectivity index (χ3v) is 3.05. The smallest absolute Gasteiger partial charge is 0.311 e. The Kier molecular flexibility index (Phi) is 7.95. The van der Waals surface area contributed by atoms with E-state index in [2.05, 4.69) is 6.58 Å². The van der Waals surface area contributed by atoms with Crippen LogP contribution in [0.1, 0.15) is 41.0 Å². The summed E-state index contributed by atoms with van der Waals surface area (Å²) in [7, 11) is 0. The van der Waals surface area contributed by atoms with E-state index in [4.69, 9.17) is 15.2 Å². The molecule has 0 aliphatic rings. The van der Waals surface area contributed by atoms with Crippen molar-refractivity contribution < 1.29 is 14.3 Å². The molecule has 0 aromatic heterocycles. The second-order valence-corrected chi connectivity index (χ2v) is 6.07. The third kappa shape index (κ3) is 7.33. The largest absolute Gasteiger partial charge is 0.462 e. The first-order valence-electron chi connectivity index (χ1n) is 6.85. The lowest BCUT2D eigenvalue weighted by atomic mass is 9.81. The fourth-order valence-corrected chi connectivity index (χ4v) is 1.90. The molecule has 19 heavy (non-hydrogen) atoms. The maximum Gasteiger partial charge on any atom is 0.311 e. The van der Waals surface area contributed by atoms with E-state index in [-0.39, 0.29) is 29.5 Å². The molecule has 0 aliphatic carbocycles. The fraction of sp³-hybridized carbons (Fsp3) is 0.800. The fourth-order valence-electron chi connectivity index (χ4n) is 1.90. The molecule has 0 spiro atoms. The zero-order valence-corrected chi connectivity index (χ0v) is 12.9. The van der Waals surface area contributed by atoms with E-state index in [1.54, 1.807) is 6.08 Å². The Bertz CT molecular complexity index is 284. The minimum atomic E-state index is -0.278. The lowest BCUT2D eigenvalue weighted by Crippen LogP contribution is -2.38. The predicted octanol–water partition coefficient (Wildman–Crippen LogP) is 2.52. The normalized spacial score (nSPS) is 16.5. The van der Waals surface area contributed by atoms with Crippen molar-refractivity contribution in [3.8, 4) is 0 Å². The molecule has 0 bridgehead atoms. The summed E-state index contributed by atoms with van der Waals surface area (Å²) in [4.78, 5) is 12.1. The van der Waals surface area contributed by atoms with Gasteiger partial charge in [-0.15, -0.1) is 6.58 Å². The van der Waals surface area contributed by atoms with E-state index in [0.717, 1.165) is 0 Å². The lowest BCUT2D eigenvalue weighted by Gasteiger charge is -2.29. The molecule has 0 amide bonds. The molecule has 0 saturated carbocycles. The van der Waals surface area contributed by atoms with Gasteiger partial charge < -0.3 is 15.2 Å². The average molecular weight is 271 g/mol. The number of nitrogens with two attached hydrogens (primary N) is 1. The lowest BCUT2D eigenvalue weighted by molar-refractivity contribution is -0.158. The Morgan fingerprint density at radius 1 is 1.32 bits per heavy atom. The van der Waals surface area contributed by atoms with Crippen LogP contribution < -0.4 is 5.73 Å². The Morgan fingerprint density at radius 2 is 1.89 bits per heavy atom. The molecule has 0 fully saturated rings. The Hall–Kier alpha value is -0.870. The van der Waals surface area contributed by atoms with Gasteiger partial charge in [-0.1, -0.05) is 26.8 Å². The molecule has 112 valence electrons. The van der Waals surface area contributed by atoms with Crippen LogP contribution in [-0.2, 0) is 14.3 Å². The first-order chi connectivity index (χ1) is 8.72.